The molecule has 0 aromatic heterocycles. The lowest BCUT2D eigenvalue weighted by Gasteiger charge is -2.09. The van der Waals surface area contributed by atoms with Gasteiger partial charge in [0.15, 0.2) is 0 Å². The van der Waals surface area contributed by atoms with Crippen molar-refractivity contribution in [1.29, 1.82) is 0 Å². The van der Waals surface area contributed by atoms with Crippen LogP contribution in [0, 0.1) is 6.92 Å². The summed E-state index contributed by atoms with van der Waals surface area (Å²) < 4.78 is 13.1. The lowest BCUT2D eigenvalue weighted by Crippen LogP contribution is -1.96. The third-order valence-corrected chi connectivity index (χ3v) is 2.42. The van der Waals surface area contributed by atoms with Crippen molar-refractivity contribution in [1.82, 2.24) is 0 Å². The van der Waals surface area contributed by atoms with Crippen molar-refractivity contribution in [2.75, 3.05) is 6.67 Å². The van der Waals surface area contributed by atoms with E-state index in [1.165, 1.54) is 0 Å². The first kappa shape index (κ1) is 10.0. The SMILES string of the molecule is [CH2]C(CF)c1cc(Br)ccc1Cl. The van der Waals surface area contributed by atoms with Crippen LogP contribution in [0.5, 0.6) is 0 Å². The highest BCUT2D eigenvalue weighted by Gasteiger charge is 2.09. The molecular formula is C9H8BrClF. The van der Waals surface area contributed by atoms with Crippen LogP contribution in [0.2, 0.25) is 5.02 Å². The minimum absolute atomic E-state index is 0.380. The van der Waals surface area contributed by atoms with Crippen LogP contribution >= 0.6 is 27.5 Å². The maximum atomic E-state index is 12.2. The van der Waals surface area contributed by atoms with E-state index >= 15 is 0 Å². The Morgan fingerprint density at radius 2 is 2.25 bits per heavy atom. The minimum atomic E-state index is -0.490. The van der Waals surface area contributed by atoms with Gasteiger partial charge in [0.05, 0.1) is 6.67 Å². The quantitative estimate of drug-likeness (QED) is 0.744. The van der Waals surface area contributed by atoms with Gasteiger partial charge in [-0.3, -0.25) is 4.39 Å². The molecule has 0 aliphatic carbocycles. The van der Waals surface area contributed by atoms with Crippen molar-refractivity contribution >= 4 is 27.5 Å². The summed E-state index contributed by atoms with van der Waals surface area (Å²) in [4.78, 5) is 0. The highest BCUT2D eigenvalue weighted by atomic mass is 79.9. The Kier molecular flexibility index (Phi) is 3.53. The van der Waals surface area contributed by atoms with E-state index in [4.69, 9.17) is 11.6 Å². The van der Waals surface area contributed by atoms with E-state index in [2.05, 4.69) is 22.9 Å². The molecule has 1 atom stereocenters. The fraction of sp³-hybridized carbons (Fsp3) is 0.222. The molecule has 12 heavy (non-hydrogen) atoms. The van der Waals surface area contributed by atoms with Crippen LogP contribution in [0.25, 0.3) is 0 Å². The standard InChI is InChI=1S/C9H8BrClF/c1-6(5-12)8-4-7(10)2-3-9(8)11/h2-4,6H,1,5H2. The molecule has 0 amide bonds. The maximum Gasteiger partial charge on any atom is 0.0963 e. The second-order valence-corrected chi connectivity index (χ2v) is 3.84. The van der Waals surface area contributed by atoms with E-state index in [0.717, 1.165) is 10.0 Å². The first-order chi connectivity index (χ1) is 5.65. The van der Waals surface area contributed by atoms with Crippen molar-refractivity contribution in [3.05, 3.63) is 40.2 Å². The van der Waals surface area contributed by atoms with Crippen LogP contribution in [0.3, 0.4) is 0 Å². The number of halogens is 3. The average molecular weight is 251 g/mol. The predicted molar refractivity (Wildman–Crippen MR) is 53.2 cm³/mol. The topological polar surface area (TPSA) is 0 Å². The van der Waals surface area contributed by atoms with Gasteiger partial charge >= 0.3 is 0 Å². The van der Waals surface area contributed by atoms with Gasteiger partial charge in [-0.05, 0) is 30.7 Å². The third kappa shape index (κ3) is 2.20. The van der Waals surface area contributed by atoms with Crippen LogP contribution < -0.4 is 0 Å². The molecule has 1 aromatic carbocycles. The minimum Gasteiger partial charge on any atom is -0.250 e. The Balaban J connectivity index is 3.04. The van der Waals surface area contributed by atoms with Gasteiger partial charge in [-0.25, -0.2) is 0 Å². The lowest BCUT2D eigenvalue weighted by atomic mass is 10.0. The second-order valence-electron chi connectivity index (χ2n) is 2.52. The Labute approximate surface area is 84.9 Å². The molecule has 0 aliphatic rings. The smallest absolute Gasteiger partial charge is 0.0963 e. The van der Waals surface area contributed by atoms with Gasteiger partial charge in [0.25, 0.3) is 0 Å². The van der Waals surface area contributed by atoms with Gasteiger partial charge < -0.3 is 0 Å². The zero-order chi connectivity index (χ0) is 9.14. The van der Waals surface area contributed by atoms with Gasteiger partial charge in [-0.1, -0.05) is 27.5 Å². The molecule has 0 nitrogen and oxygen atoms in total. The fourth-order valence-corrected chi connectivity index (χ4v) is 1.56. The lowest BCUT2D eigenvalue weighted by molar-refractivity contribution is 0.465. The monoisotopic (exact) mass is 249 g/mol. The Hall–Kier alpha value is -0.0800. The van der Waals surface area contributed by atoms with Crippen molar-refractivity contribution in [3.8, 4) is 0 Å². The van der Waals surface area contributed by atoms with Gasteiger partial charge in [0.2, 0.25) is 0 Å². The highest BCUT2D eigenvalue weighted by Crippen LogP contribution is 2.27. The Morgan fingerprint density at radius 3 is 2.83 bits per heavy atom. The summed E-state index contributed by atoms with van der Waals surface area (Å²) >= 11 is 9.13. The summed E-state index contributed by atoms with van der Waals surface area (Å²) in [6.07, 6.45) is 0. The number of benzene rings is 1. The molecule has 0 bridgehead atoms. The Morgan fingerprint density at radius 1 is 1.58 bits per heavy atom. The molecule has 0 heterocycles. The largest absolute Gasteiger partial charge is 0.250 e. The summed E-state index contributed by atoms with van der Waals surface area (Å²) in [5, 5.41) is 0.566. The number of rotatable bonds is 2. The van der Waals surface area contributed by atoms with Gasteiger partial charge in [0, 0.05) is 15.4 Å². The van der Waals surface area contributed by atoms with E-state index in [1.807, 2.05) is 6.07 Å². The summed E-state index contributed by atoms with van der Waals surface area (Å²) in [5.74, 6) is -0.380. The molecule has 0 saturated carbocycles. The second kappa shape index (κ2) is 4.24. The molecule has 65 valence electrons. The van der Waals surface area contributed by atoms with Crippen LogP contribution in [-0.2, 0) is 0 Å². The van der Waals surface area contributed by atoms with E-state index in [0.29, 0.717) is 5.02 Å². The third-order valence-electron chi connectivity index (χ3n) is 1.58. The molecular weight excluding hydrogens is 242 g/mol. The predicted octanol–water partition coefficient (Wildman–Crippen LogP) is 3.99. The van der Waals surface area contributed by atoms with Crippen molar-refractivity contribution in [2.45, 2.75) is 5.92 Å². The molecule has 0 aliphatic heterocycles. The molecule has 3 heteroatoms. The first-order valence-corrected chi connectivity index (χ1v) is 4.66. The molecule has 1 aromatic rings. The molecule has 1 radical (unpaired) electrons. The number of hydrogen-bond acceptors (Lipinski definition) is 0. The van der Waals surface area contributed by atoms with Gasteiger partial charge in [-0.15, -0.1) is 0 Å². The molecule has 0 saturated heterocycles. The van der Waals surface area contributed by atoms with Crippen LogP contribution in [0.1, 0.15) is 11.5 Å². The first-order valence-electron chi connectivity index (χ1n) is 3.49. The number of hydrogen-bond donors (Lipinski definition) is 0. The maximum absolute atomic E-state index is 12.2. The fourth-order valence-electron chi connectivity index (χ4n) is 0.911. The van der Waals surface area contributed by atoms with E-state index in [9.17, 15) is 4.39 Å². The van der Waals surface area contributed by atoms with E-state index in [1.54, 1.807) is 12.1 Å². The highest BCUT2D eigenvalue weighted by molar-refractivity contribution is 9.10. The van der Waals surface area contributed by atoms with Crippen LogP contribution in [0.4, 0.5) is 4.39 Å². The van der Waals surface area contributed by atoms with Crippen molar-refractivity contribution in [3.63, 3.8) is 0 Å². The summed E-state index contributed by atoms with van der Waals surface area (Å²) in [6, 6.07) is 5.34. The summed E-state index contributed by atoms with van der Waals surface area (Å²) in [6.45, 7) is 3.16. The van der Waals surface area contributed by atoms with Crippen molar-refractivity contribution < 1.29 is 4.39 Å². The van der Waals surface area contributed by atoms with E-state index in [-0.39, 0.29) is 5.92 Å². The summed E-state index contributed by atoms with van der Waals surface area (Å²) in [5.41, 5.74) is 0.744. The summed E-state index contributed by atoms with van der Waals surface area (Å²) in [7, 11) is 0. The van der Waals surface area contributed by atoms with Gasteiger partial charge in [0.1, 0.15) is 0 Å². The van der Waals surface area contributed by atoms with Crippen LogP contribution in [0.15, 0.2) is 22.7 Å². The van der Waals surface area contributed by atoms with Crippen molar-refractivity contribution in [2.24, 2.45) is 0 Å². The normalized spacial score (nSPS) is 13.0. The average Bonchev–Trinajstić information content (AvgIpc) is 2.08. The molecule has 0 spiro atoms. The number of alkyl halides is 1. The molecule has 1 unspecified atom stereocenters. The zero-order valence-electron chi connectivity index (χ0n) is 6.36. The van der Waals surface area contributed by atoms with Crippen LogP contribution in [-0.4, -0.2) is 6.67 Å². The molecule has 0 N–H and O–H groups in total. The Bertz CT molecular complexity index is 275. The molecule has 1 rings (SSSR count). The van der Waals surface area contributed by atoms with Gasteiger partial charge in [-0.2, -0.15) is 0 Å². The molecule has 0 fully saturated rings. The zero-order valence-corrected chi connectivity index (χ0v) is 8.70. The van der Waals surface area contributed by atoms with E-state index < -0.39 is 6.67 Å².